The third kappa shape index (κ3) is 3.24. The number of nitrogens with one attached hydrogen (secondary N) is 1. The molecule has 2 aromatic rings. The van der Waals surface area contributed by atoms with Crippen molar-refractivity contribution in [1.82, 2.24) is 9.97 Å². The Hall–Kier alpha value is -2.04. The van der Waals surface area contributed by atoms with Crippen LogP contribution < -0.4 is 5.32 Å². The molecule has 1 aromatic heterocycles. The molecule has 2 rings (SSSR count). The Morgan fingerprint density at radius 2 is 2.00 bits per heavy atom. The summed E-state index contributed by atoms with van der Waals surface area (Å²) in [6.07, 6.45) is 1.61. The minimum atomic E-state index is -2.48. The predicted octanol–water partition coefficient (Wildman–Crippen LogP) is 3.90. The molecule has 0 atom stereocenters. The highest BCUT2D eigenvalue weighted by atomic mass is 19.3. The van der Waals surface area contributed by atoms with Crippen LogP contribution in [0.15, 0.2) is 36.7 Å². The lowest BCUT2D eigenvalue weighted by Crippen LogP contribution is -2.04. The molecule has 0 saturated carbocycles. The van der Waals surface area contributed by atoms with Crippen LogP contribution in [0.25, 0.3) is 11.3 Å². The number of aromatic nitrogens is 2. The van der Waals surface area contributed by atoms with E-state index in [1.807, 2.05) is 6.92 Å². The molecule has 1 aromatic carbocycles. The second kappa shape index (κ2) is 6.22. The molecule has 0 radical (unpaired) electrons. The van der Waals surface area contributed by atoms with E-state index < -0.39 is 6.43 Å². The molecular weight excluding hydrogens is 248 g/mol. The number of rotatable bonds is 5. The van der Waals surface area contributed by atoms with E-state index in [-0.39, 0.29) is 5.56 Å². The topological polar surface area (TPSA) is 37.8 Å². The standard InChI is InChI=1S/C14H15F2N3/c1-2-6-18-14-12(17-7-8-19-14)10-4-3-5-11(9-10)13(15)16/h3-5,7-9,13H,2,6H2,1H3,(H,18,19). The number of hydrogen-bond donors (Lipinski definition) is 1. The van der Waals surface area contributed by atoms with Crippen LogP contribution in [-0.2, 0) is 0 Å². The Morgan fingerprint density at radius 3 is 2.74 bits per heavy atom. The van der Waals surface area contributed by atoms with Crippen LogP contribution in [0.3, 0.4) is 0 Å². The molecular formula is C14H15F2N3. The first-order valence-corrected chi connectivity index (χ1v) is 6.15. The van der Waals surface area contributed by atoms with Crippen LogP contribution in [0.1, 0.15) is 25.3 Å². The molecule has 5 heteroatoms. The highest BCUT2D eigenvalue weighted by Crippen LogP contribution is 2.27. The van der Waals surface area contributed by atoms with Gasteiger partial charge in [-0.25, -0.2) is 13.8 Å². The Morgan fingerprint density at radius 1 is 1.21 bits per heavy atom. The van der Waals surface area contributed by atoms with Gasteiger partial charge in [-0.3, -0.25) is 4.98 Å². The maximum atomic E-state index is 12.7. The fraction of sp³-hybridized carbons (Fsp3) is 0.286. The molecule has 3 nitrogen and oxygen atoms in total. The maximum Gasteiger partial charge on any atom is 0.263 e. The number of halogens is 2. The second-order valence-electron chi connectivity index (χ2n) is 4.11. The molecule has 0 aliphatic rings. The van der Waals surface area contributed by atoms with Gasteiger partial charge >= 0.3 is 0 Å². The number of benzene rings is 1. The summed E-state index contributed by atoms with van der Waals surface area (Å²) in [6, 6.07) is 6.22. The van der Waals surface area contributed by atoms with E-state index in [2.05, 4.69) is 15.3 Å². The summed E-state index contributed by atoms with van der Waals surface area (Å²) in [5.41, 5.74) is 1.23. The maximum absolute atomic E-state index is 12.7. The van der Waals surface area contributed by atoms with Gasteiger partial charge in [0.1, 0.15) is 5.69 Å². The third-order valence-corrected chi connectivity index (χ3v) is 2.65. The van der Waals surface area contributed by atoms with Crippen molar-refractivity contribution in [3.8, 4) is 11.3 Å². The van der Waals surface area contributed by atoms with E-state index in [9.17, 15) is 8.78 Å². The van der Waals surface area contributed by atoms with Crippen LogP contribution >= 0.6 is 0 Å². The average molecular weight is 263 g/mol. The molecule has 0 saturated heterocycles. The van der Waals surface area contributed by atoms with Crippen LogP contribution in [-0.4, -0.2) is 16.5 Å². The summed E-state index contributed by atoms with van der Waals surface area (Å²) in [5.74, 6) is 0.621. The monoisotopic (exact) mass is 263 g/mol. The zero-order chi connectivity index (χ0) is 13.7. The van der Waals surface area contributed by atoms with Gasteiger partial charge in [0.2, 0.25) is 0 Å². The predicted molar refractivity (Wildman–Crippen MR) is 71.2 cm³/mol. The first kappa shape index (κ1) is 13.4. The Bertz CT molecular complexity index is 544. The summed E-state index contributed by atoms with van der Waals surface area (Å²) in [7, 11) is 0. The van der Waals surface area contributed by atoms with Crippen molar-refractivity contribution < 1.29 is 8.78 Å². The summed E-state index contributed by atoms with van der Waals surface area (Å²) in [6.45, 7) is 2.81. The summed E-state index contributed by atoms with van der Waals surface area (Å²) >= 11 is 0. The molecule has 0 fully saturated rings. The van der Waals surface area contributed by atoms with Crippen LogP contribution in [0.2, 0.25) is 0 Å². The summed E-state index contributed by atoms with van der Waals surface area (Å²) < 4.78 is 25.4. The Kier molecular flexibility index (Phi) is 4.39. The zero-order valence-corrected chi connectivity index (χ0v) is 10.6. The van der Waals surface area contributed by atoms with Crippen molar-refractivity contribution >= 4 is 5.82 Å². The molecule has 0 aliphatic carbocycles. The molecule has 0 spiro atoms. The molecule has 1 N–H and O–H groups in total. The number of anilines is 1. The van der Waals surface area contributed by atoms with E-state index in [1.54, 1.807) is 24.5 Å². The number of nitrogens with zero attached hydrogens (tertiary/aromatic N) is 2. The van der Waals surface area contributed by atoms with Gasteiger partial charge in [-0.05, 0) is 12.5 Å². The normalized spacial score (nSPS) is 10.7. The fourth-order valence-corrected chi connectivity index (χ4v) is 1.74. The lowest BCUT2D eigenvalue weighted by atomic mass is 10.1. The molecule has 0 bridgehead atoms. The molecule has 0 unspecified atom stereocenters. The zero-order valence-electron chi connectivity index (χ0n) is 10.6. The van der Waals surface area contributed by atoms with Crippen molar-refractivity contribution in [2.24, 2.45) is 0 Å². The smallest absolute Gasteiger partial charge is 0.263 e. The van der Waals surface area contributed by atoms with Crippen LogP contribution in [0.5, 0.6) is 0 Å². The lowest BCUT2D eigenvalue weighted by molar-refractivity contribution is 0.151. The largest absolute Gasteiger partial charge is 0.368 e. The van der Waals surface area contributed by atoms with Crippen molar-refractivity contribution in [3.63, 3.8) is 0 Å². The first-order valence-electron chi connectivity index (χ1n) is 6.15. The number of alkyl halides is 2. The van der Waals surface area contributed by atoms with Gasteiger partial charge in [-0.2, -0.15) is 0 Å². The van der Waals surface area contributed by atoms with Gasteiger partial charge in [-0.1, -0.05) is 25.1 Å². The van der Waals surface area contributed by atoms with Crippen molar-refractivity contribution in [1.29, 1.82) is 0 Å². The highest BCUT2D eigenvalue weighted by molar-refractivity contribution is 5.71. The molecule has 100 valence electrons. The molecule has 1 heterocycles. The van der Waals surface area contributed by atoms with Crippen molar-refractivity contribution in [3.05, 3.63) is 42.2 Å². The van der Waals surface area contributed by atoms with E-state index in [1.165, 1.54) is 12.1 Å². The van der Waals surface area contributed by atoms with E-state index in [0.717, 1.165) is 13.0 Å². The van der Waals surface area contributed by atoms with Gasteiger partial charge < -0.3 is 5.32 Å². The minimum absolute atomic E-state index is 0.00963. The van der Waals surface area contributed by atoms with Gasteiger partial charge in [0, 0.05) is 30.1 Å². The van der Waals surface area contributed by atoms with Crippen LogP contribution in [0.4, 0.5) is 14.6 Å². The van der Waals surface area contributed by atoms with Gasteiger partial charge in [0.15, 0.2) is 5.82 Å². The highest BCUT2D eigenvalue weighted by Gasteiger charge is 2.11. The third-order valence-electron chi connectivity index (χ3n) is 2.65. The van der Waals surface area contributed by atoms with E-state index in [4.69, 9.17) is 0 Å². The quantitative estimate of drug-likeness (QED) is 0.889. The van der Waals surface area contributed by atoms with E-state index >= 15 is 0 Å². The average Bonchev–Trinajstić information content (AvgIpc) is 2.45. The fourth-order valence-electron chi connectivity index (χ4n) is 1.74. The second-order valence-corrected chi connectivity index (χ2v) is 4.11. The first-order chi connectivity index (χ1) is 9.22. The molecule has 0 amide bonds. The number of hydrogen-bond acceptors (Lipinski definition) is 3. The summed E-state index contributed by atoms with van der Waals surface area (Å²) in [5, 5.41) is 3.15. The van der Waals surface area contributed by atoms with Gasteiger partial charge in [0.05, 0.1) is 0 Å². The Balaban J connectivity index is 2.38. The Labute approximate surface area is 110 Å². The van der Waals surface area contributed by atoms with Crippen molar-refractivity contribution in [2.75, 3.05) is 11.9 Å². The van der Waals surface area contributed by atoms with E-state index in [0.29, 0.717) is 17.1 Å². The summed E-state index contributed by atoms with van der Waals surface area (Å²) in [4.78, 5) is 8.44. The minimum Gasteiger partial charge on any atom is -0.368 e. The lowest BCUT2D eigenvalue weighted by Gasteiger charge is -2.10. The van der Waals surface area contributed by atoms with Crippen molar-refractivity contribution in [2.45, 2.75) is 19.8 Å². The SMILES string of the molecule is CCCNc1nccnc1-c1cccc(C(F)F)c1. The van der Waals surface area contributed by atoms with Crippen LogP contribution in [0, 0.1) is 0 Å². The molecule has 19 heavy (non-hydrogen) atoms. The van der Waals surface area contributed by atoms with Gasteiger partial charge in [-0.15, -0.1) is 0 Å². The molecule has 0 aliphatic heterocycles. The van der Waals surface area contributed by atoms with Gasteiger partial charge in [0.25, 0.3) is 6.43 Å².